The van der Waals surface area contributed by atoms with Crippen LogP contribution in [0.25, 0.3) is 11.0 Å². The highest BCUT2D eigenvalue weighted by Crippen LogP contribution is 2.27. The van der Waals surface area contributed by atoms with E-state index in [1.165, 1.54) is 0 Å². The van der Waals surface area contributed by atoms with Gasteiger partial charge in [-0.15, -0.1) is 0 Å². The van der Waals surface area contributed by atoms with Gasteiger partial charge in [-0.1, -0.05) is 11.6 Å². The molecule has 0 bridgehead atoms. The average molecular weight is 220 g/mol. The summed E-state index contributed by atoms with van der Waals surface area (Å²) in [5, 5.41) is 8.72. The number of aromatic amines is 1. The minimum atomic E-state index is 0.442. The average Bonchev–Trinajstić information content (AvgIpc) is 2.46. The van der Waals surface area contributed by atoms with E-state index in [0.29, 0.717) is 10.8 Å². The van der Waals surface area contributed by atoms with Crippen molar-refractivity contribution in [2.75, 3.05) is 0 Å². The van der Waals surface area contributed by atoms with Crippen molar-refractivity contribution in [3.63, 3.8) is 0 Å². The molecule has 0 aliphatic rings. The van der Waals surface area contributed by atoms with E-state index >= 15 is 0 Å². The van der Waals surface area contributed by atoms with Crippen LogP contribution in [0.2, 0.25) is 5.15 Å². The summed E-state index contributed by atoms with van der Waals surface area (Å²) in [4.78, 5) is 4.02. The fourth-order valence-corrected chi connectivity index (χ4v) is 1.74. The molecule has 2 aromatic rings. The van der Waals surface area contributed by atoms with Crippen molar-refractivity contribution in [2.24, 2.45) is 0 Å². The van der Waals surface area contributed by atoms with Crippen molar-refractivity contribution in [3.8, 4) is 0 Å². The minimum Gasteiger partial charge on any atom is -0.260 e. The minimum absolute atomic E-state index is 0.442. The Labute approximate surface area is 82.0 Å². The van der Waals surface area contributed by atoms with Gasteiger partial charge in [0.1, 0.15) is 10.2 Å². The van der Waals surface area contributed by atoms with Crippen LogP contribution >= 0.6 is 33.3 Å². The maximum atomic E-state index is 5.67. The zero-order chi connectivity index (χ0) is 8.55. The molecule has 2 rings (SSSR count). The summed E-state index contributed by atoms with van der Waals surface area (Å²) in [7, 11) is 6.62. The van der Waals surface area contributed by atoms with Crippen LogP contribution in [0.4, 0.5) is 0 Å². The highest BCUT2D eigenvalue weighted by Gasteiger charge is 2.05. The Morgan fingerprint density at radius 1 is 1.42 bits per heavy atom. The van der Waals surface area contributed by atoms with Crippen LogP contribution in [0.15, 0.2) is 17.2 Å². The molecule has 0 aliphatic heterocycles. The number of pyridine rings is 1. The van der Waals surface area contributed by atoms with Crippen LogP contribution in [-0.2, 0) is 0 Å². The first-order valence-corrected chi connectivity index (χ1v) is 5.12. The van der Waals surface area contributed by atoms with E-state index in [-0.39, 0.29) is 0 Å². The third-order valence-electron chi connectivity index (χ3n) is 1.43. The van der Waals surface area contributed by atoms with Gasteiger partial charge in [-0.3, -0.25) is 5.10 Å². The normalized spacial score (nSPS) is 10.8. The lowest BCUT2D eigenvalue weighted by molar-refractivity contribution is 1.02. The van der Waals surface area contributed by atoms with Gasteiger partial charge in [0.2, 0.25) is 0 Å². The molecule has 2 aromatic heterocycles. The Bertz CT molecular complexity index is 414. The Kier molecular flexibility index (Phi) is 2.12. The predicted octanol–water partition coefficient (Wildman–Crippen LogP) is 2.86. The number of nitrogens with one attached hydrogen (secondary N) is 1. The van der Waals surface area contributed by atoms with Crippen LogP contribution in [0.3, 0.4) is 0 Å². The van der Waals surface area contributed by atoms with Gasteiger partial charge in [-0.25, -0.2) is 4.98 Å². The molecule has 3 nitrogen and oxygen atoms in total. The van der Waals surface area contributed by atoms with E-state index in [1.54, 1.807) is 6.07 Å². The number of halogens is 2. The van der Waals surface area contributed by atoms with Gasteiger partial charge in [0.25, 0.3) is 0 Å². The summed E-state index contributed by atoms with van der Waals surface area (Å²) in [5.41, 5.74) is 0.658. The van der Waals surface area contributed by atoms with Crippen LogP contribution < -0.4 is 0 Å². The second-order valence-corrected chi connectivity index (χ2v) is 3.53. The lowest BCUT2D eigenvalue weighted by Gasteiger charge is -1.89. The number of rotatable bonds is 1. The summed E-state index contributed by atoms with van der Waals surface area (Å²) >= 11 is 5.67. The van der Waals surface area contributed by atoms with E-state index in [1.807, 2.05) is 6.07 Å². The number of H-pyrrole nitrogens is 1. The number of hydrogen-bond donors (Lipinski definition) is 1. The predicted molar refractivity (Wildman–Crippen MR) is 50.6 cm³/mol. The molecule has 0 fully saturated rings. The summed E-state index contributed by atoms with van der Waals surface area (Å²) < 4.78 is 0. The largest absolute Gasteiger partial charge is 0.260 e. The molecule has 12 heavy (non-hydrogen) atoms. The Balaban J connectivity index is 2.73. The standard InChI is InChI=1S/C6H3Cl2N3S/c7-4-2-1-3-5(9-4)10-11-6(3)12-8/h1-2H,(H,9,10,11). The maximum absolute atomic E-state index is 5.67. The number of aromatic nitrogens is 3. The topological polar surface area (TPSA) is 41.6 Å². The monoisotopic (exact) mass is 219 g/mol. The van der Waals surface area contributed by atoms with E-state index in [4.69, 9.17) is 22.3 Å². The lowest BCUT2D eigenvalue weighted by Crippen LogP contribution is -1.75. The molecule has 0 aliphatic carbocycles. The van der Waals surface area contributed by atoms with E-state index in [0.717, 1.165) is 21.4 Å². The molecule has 0 saturated heterocycles. The van der Waals surface area contributed by atoms with Crippen molar-refractivity contribution in [2.45, 2.75) is 5.03 Å². The van der Waals surface area contributed by atoms with Crippen molar-refractivity contribution in [1.82, 2.24) is 15.2 Å². The van der Waals surface area contributed by atoms with E-state index < -0.39 is 0 Å². The number of fused-ring (bicyclic) bond motifs is 1. The quantitative estimate of drug-likeness (QED) is 0.751. The highest BCUT2D eigenvalue weighted by molar-refractivity contribution is 8.21. The molecular weight excluding hydrogens is 217 g/mol. The van der Waals surface area contributed by atoms with Gasteiger partial charge < -0.3 is 0 Å². The van der Waals surface area contributed by atoms with Crippen molar-refractivity contribution in [1.29, 1.82) is 0 Å². The Hall–Kier alpha value is -0.450. The van der Waals surface area contributed by atoms with Gasteiger partial charge in [0.05, 0.1) is 5.39 Å². The van der Waals surface area contributed by atoms with Gasteiger partial charge in [-0.2, -0.15) is 5.10 Å². The number of hydrogen-bond acceptors (Lipinski definition) is 3. The molecule has 0 spiro atoms. The first kappa shape index (κ1) is 8.16. The summed E-state index contributed by atoms with van der Waals surface area (Å²) in [5.74, 6) is 0. The molecule has 0 unspecified atom stereocenters. The molecule has 0 atom stereocenters. The van der Waals surface area contributed by atoms with Gasteiger partial charge in [-0.05, 0) is 22.8 Å². The van der Waals surface area contributed by atoms with Crippen molar-refractivity contribution >= 4 is 44.3 Å². The molecule has 2 heterocycles. The summed E-state index contributed by atoms with van der Waals surface area (Å²) in [6.45, 7) is 0. The molecular formula is C6H3Cl2N3S. The van der Waals surface area contributed by atoms with Crippen LogP contribution in [0.5, 0.6) is 0 Å². The SMILES string of the molecule is ClSc1n[nH]c2nc(Cl)ccc12. The van der Waals surface area contributed by atoms with Crippen LogP contribution in [0, 0.1) is 0 Å². The zero-order valence-corrected chi connectivity index (χ0v) is 8.04. The molecule has 1 N–H and O–H groups in total. The van der Waals surface area contributed by atoms with Gasteiger partial charge in [0.15, 0.2) is 5.65 Å². The van der Waals surface area contributed by atoms with Gasteiger partial charge >= 0.3 is 0 Å². The molecule has 6 heteroatoms. The lowest BCUT2D eigenvalue weighted by atomic mass is 10.4. The van der Waals surface area contributed by atoms with E-state index in [2.05, 4.69) is 15.2 Å². The second kappa shape index (κ2) is 3.12. The van der Waals surface area contributed by atoms with Crippen LogP contribution in [-0.4, -0.2) is 15.2 Å². The van der Waals surface area contributed by atoms with Crippen molar-refractivity contribution < 1.29 is 0 Å². The summed E-state index contributed by atoms with van der Waals surface area (Å²) in [6, 6.07) is 3.54. The summed E-state index contributed by atoms with van der Waals surface area (Å²) in [6.07, 6.45) is 0. The third kappa shape index (κ3) is 1.26. The fourth-order valence-electron chi connectivity index (χ4n) is 0.916. The van der Waals surface area contributed by atoms with Gasteiger partial charge in [0, 0.05) is 11.0 Å². The molecule has 0 radical (unpaired) electrons. The third-order valence-corrected chi connectivity index (χ3v) is 2.53. The van der Waals surface area contributed by atoms with Crippen LogP contribution in [0.1, 0.15) is 0 Å². The molecule has 62 valence electrons. The second-order valence-electron chi connectivity index (χ2n) is 2.14. The molecule has 0 amide bonds. The maximum Gasteiger partial charge on any atom is 0.158 e. The van der Waals surface area contributed by atoms with Crippen molar-refractivity contribution in [3.05, 3.63) is 17.3 Å². The molecule has 0 aromatic carbocycles. The highest BCUT2D eigenvalue weighted by atomic mass is 35.7. The van der Waals surface area contributed by atoms with E-state index in [9.17, 15) is 0 Å². The molecule has 0 saturated carbocycles. The smallest absolute Gasteiger partial charge is 0.158 e. The Morgan fingerprint density at radius 2 is 2.25 bits per heavy atom. The first-order valence-electron chi connectivity index (χ1n) is 3.10. The number of nitrogens with zero attached hydrogens (tertiary/aromatic N) is 2. The fraction of sp³-hybridized carbons (Fsp3) is 0. The zero-order valence-electron chi connectivity index (χ0n) is 5.71. The Morgan fingerprint density at radius 3 is 3.00 bits per heavy atom. The first-order chi connectivity index (χ1) is 5.81.